The Morgan fingerprint density at radius 2 is 1.87 bits per heavy atom. The van der Waals surface area contributed by atoms with Crippen LogP contribution in [0.4, 0.5) is 11.4 Å². The highest BCUT2D eigenvalue weighted by atomic mass is 35.5. The van der Waals surface area contributed by atoms with Gasteiger partial charge in [-0.3, -0.25) is 14.4 Å². The van der Waals surface area contributed by atoms with Crippen LogP contribution < -0.4 is 20.7 Å². The Morgan fingerprint density at radius 1 is 1.10 bits per heavy atom. The van der Waals surface area contributed by atoms with Crippen LogP contribution in [0.15, 0.2) is 36.4 Å². The summed E-state index contributed by atoms with van der Waals surface area (Å²) in [5, 5.41) is 8.35. The fourth-order valence-corrected chi connectivity index (χ4v) is 3.48. The normalized spacial score (nSPS) is 15.3. The molecule has 3 amide bonds. The summed E-state index contributed by atoms with van der Waals surface area (Å²) < 4.78 is 10.8. The maximum absolute atomic E-state index is 12.9. The van der Waals surface area contributed by atoms with E-state index in [4.69, 9.17) is 21.1 Å². The molecule has 0 aliphatic carbocycles. The van der Waals surface area contributed by atoms with Crippen LogP contribution in [0.2, 0.25) is 5.02 Å². The fourth-order valence-electron chi connectivity index (χ4n) is 3.27. The monoisotopic (exact) mass is 445 g/mol. The van der Waals surface area contributed by atoms with Gasteiger partial charge in [-0.05, 0) is 31.0 Å². The second kappa shape index (κ2) is 10.3. The zero-order valence-electron chi connectivity index (χ0n) is 17.3. The Hall–Kier alpha value is -3.10. The number of para-hydroxylation sites is 1. The van der Waals surface area contributed by atoms with Crippen molar-refractivity contribution in [3.63, 3.8) is 0 Å². The fraction of sp³-hybridized carbons (Fsp3) is 0.318. The van der Waals surface area contributed by atoms with Gasteiger partial charge in [-0.1, -0.05) is 23.7 Å². The molecule has 1 fully saturated rings. The molecule has 2 aromatic rings. The first kappa shape index (κ1) is 22.6. The zero-order chi connectivity index (χ0) is 22.4. The lowest BCUT2D eigenvalue weighted by Gasteiger charge is -2.15. The molecule has 3 rings (SSSR count). The molecule has 31 heavy (non-hydrogen) atoms. The number of ether oxygens (including phenoxy) is 2. The van der Waals surface area contributed by atoms with Gasteiger partial charge in [0.05, 0.1) is 40.7 Å². The Balaban J connectivity index is 1.78. The van der Waals surface area contributed by atoms with Crippen LogP contribution in [0.3, 0.4) is 0 Å². The second-order valence-electron chi connectivity index (χ2n) is 7.06. The average molecular weight is 446 g/mol. The molecule has 1 atom stereocenters. The summed E-state index contributed by atoms with van der Waals surface area (Å²) in [7, 11) is 1.41. The Bertz CT molecular complexity index is 989. The molecule has 0 unspecified atom stereocenters. The summed E-state index contributed by atoms with van der Waals surface area (Å²) in [4.78, 5) is 36.9. The minimum Gasteiger partial charge on any atom is -0.496 e. The summed E-state index contributed by atoms with van der Waals surface area (Å²) in [6.45, 7) is 2.47. The van der Waals surface area contributed by atoms with Crippen molar-refractivity contribution >= 4 is 40.7 Å². The number of rotatable bonds is 7. The van der Waals surface area contributed by atoms with E-state index in [9.17, 15) is 14.4 Å². The molecule has 9 heteroatoms. The molecule has 0 spiro atoms. The lowest BCUT2D eigenvalue weighted by Crippen LogP contribution is -2.32. The van der Waals surface area contributed by atoms with E-state index >= 15 is 0 Å². The summed E-state index contributed by atoms with van der Waals surface area (Å²) in [5.41, 5.74) is 1.17. The van der Waals surface area contributed by atoms with Crippen molar-refractivity contribution in [3.8, 4) is 5.75 Å². The van der Waals surface area contributed by atoms with Gasteiger partial charge < -0.3 is 25.4 Å². The van der Waals surface area contributed by atoms with Gasteiger partial charge in [0.1, 0.15) is 5.75 Å². The lowest BCUT2D eigenvalue weighted by atomic mass is 10.1. The van der Waals surface area contributed by atoms with Crippen molar-refractivity contribution in [2.24, 2.45) is 0 Å². The van der Waals surface area contributed by atoms with Crippen LogP contribution in [0.25, 0.3) is 0 Å². The van der Waals surface area contributed by atoms with E-state index in [0.29, 0.717) is 30.1 Å². The molecule has 1 saturated heterocycles. The molecule has 164 valence electrons. The molecule has 1 heterocycles. The van der Waals surface area contributed by atoms with E-state index in [1.807, 2.05) is 0 Å². The van der Waals surface area contributed by atoms with Crippen LogP contribution in [0, 0.1) is 0 Å². The molecular weight excluding hydrogens is 422 g/mol. The first-order chi connectivity index (χ1) is 14.9. The Labute approximate surface area is 185 Å². The lowest BCUT2D eigenvalue weighted by molar-refractivity contribution is -0.114. The number of carbonyl (C=O) groups excluding carboxylic acids is 3. The van der Waals surface area contributed by atoms with Crippen LogP contribution in [-0.2, 0) is 9.53 Å². The van der Waals surface area contributed by atoms with E-state index < -0.39 is 5.91 Å². The summed E-state index contributed by atoms with van der Waals surface area (Å²) >= 11 is 6.21. The van der Waals surface area contributed by atoms with Crippen molar-refractivity contribution in [2.75, 3.05) is 30.9 Å². The van der Waals surface area contributed by atoms with Crippen molar-refractivity contribution in [2.45, 2.75) is 25.9 Å². The van der Waals surface area contributed by atoms with Crippen molar-refractivity contribution in [1.82, 2.24) is 5.32 Å². The molecule has 2 aromatic carbocycles. The van der Waals surface area contributed by atoms with Crippen LogP contribution in [0.1, 0.15) is 40.5 Å². The van der Waals surface area contributed by atoms with Crippen LogP contribution in [0.5, 0.6) is 5.75 Å². The van der Waals surface area contributed by atoms with Gasteiger partial charge in [0, 0.05) is 26.1 Å². The van der Waals surface area contributed by atoms with E-state index in [2.05, 4.69) is 16.0 Å². The third kappa shape index (κ3) is 5.74. The summed E-state index contributed by atoms with van der Waals surface area (Å²) in [6, 6.07) is 9.58. The molecule has 8 nitrogen and oxygen atoms in total. The van der Waals surface area contributed by atoms with Gasteiger partial charge in [0.25, 0.3) is 11.8 Å². The largest absolute Gasteiger partial charge is 0.496 e. The van der Waals surface area contributed by atoms with Gasteiger partial charge in [-0.2, -0.15) is 0 Å². The number of nitrogens with one attached hydrogen (secondary N) is 3. The average Bonchev–Trinajstić information content (AvgIpc) is 3.27. The highest BCUT2D eigenvalue weighted by Crippen LogP contribution is 2.32. The first-order valence-corrected chi connectivity index (χ1v) is 10.2. The predicted molar refractivity (Wildman–Crippen MR) is 118 cm³/mol. The number of hydrogen-bond acceptors (Lipinski definition) is 5. The smallest absolute Gasteiger partial charge is 0.259 e. The molecule has 0 saturated carbocycles. The minimum atomic E-state index is -0.507. The number of anilines is 2. The standard InChI is InChI=1S/C22H24ClN3O5/c1-13(27)25-19-11-20(30-2)16(10-17(19)23)22(29)26-18-8-4-3-7-15(18)21(28)24-12-14-6-5-9-31-14/h3-4,7-8,10-11,14H,5-6,9,12H2,1-2H3,(H,24,28)(H,25,27)(H,26,29)/t14-/m1/s1. The highest BCUT2D eigenvalue weighted by Gasteiger charge is 2.21. The van der Waals surface area contributed by atoms with Gasteiger partial charge >= 0.3 is 0 Å². The van der Waals surface area contributed by atoms with E-state index in [1.165, 1.54) is 26.2 Å². The molecule has 0 aromatic heterocycles. The number of halogens is 1. The van der Waals surface area contributed by atoms with Gasteiger partial charge in [0.15, 0.2) is 0 Å². The van der Waals surface area contributed by atoms with Gasteiger partial charge in [-0.15, -0.1) is 0 Å². The number of benzene rings is 2. The van der Waals surface area contributed by atoms with Crippen LogP contribution in [-0.4, -0.2) is 44.1 Å². The number of amides is 3. The Morgan fingerprint density at radius 3 is 2.55 bits per heavy atom. The zero-order valence-corrected chi connectivity index (χ0v) is 18.0. The highest BCUT2D eigenvalue weighted by molar-refractivity contribution is 6.34. The van der Waals surface area contributed by atoms with Gasteiger partial charge in [-0.25, -0.2) is 0 Å². The quantitative estimate of drug-likeness (QED) is 0.605. The third-order valence-electron chi connectivity index (χ3n) is 4.78. The van der Waals surface area contributed by atoms with E-state index in [1.54, 1.807) is 24.3 Å². The minimum absolute atomic E-state index is 0.0132. The summed E-state index contributed by atoms with van der Waals surface area (Å²) in [5.74, 6) is -0.889. The molecule has 1 aliphatic rings. The van der Waals surface area contributed by atoms with Crippen molar-refractivity contribution in [1.29, 1.82) is 0 Å². The third-order valence-corrected chi connectivity index (χ3v) is 5.09. The number of methoxy groups -OCH3 is 1. The van der Waals surface area contributed by atoms with Crippen LogP contribution >= 0.6 is 11.6 Å². The SMILES string of the molecule is COc1cc(NC(C)=O)c(Cl)cc1C(=O)Nc1ccccc1C(=O)NC[C@H]1CCCO1. The maximum Gasteiger partial charge on any atom is 0.259 e. The van der Waals surface area contributed by atoms with E-state index in [-0.39, 0.29) is 34.3 Å². The maximum atomic E-state index is 12.9. The summed E-state index contributed by atoms with van der Waals surface area (Å²) in [6.07, 6.45) is 1.91. The molecule has 0 bridgehead atoms. The molecule has 1 aliphatic heterocycles. The number of hydrogen-bond donors (Lipinski definition) is 3. The first-order valence-electron chi connectivity index (χ1n) is 9.84. The number of carbonyl (C=O) groups is 3. The molecular formula is C22H24ClN3O5. The Kier molecular flexibility index (Phi) is 7.49. The predicted octanol–water partition coefficient (Wildman–Crippen LogP) is 3.47. The second-order valence-corrected chi connectivity index (χ2v) is 7.47. The van der Waals surface area contributed by atoms with E-state index in [0.717, 1.165) is 12.8 Å². The molecule has 3 N–H and O–H groups in total. The van der Waals surface area contributed by atoms with Crippen molar-refractivity contribution in [3.05, 3.63) is 52.5 Å². The van der Waals surface area contributed by atoms with Gasteiger partial charge in [0.2, 0.25) is 5.91 Å². The molecule has 0 radical (unpaired) electrons. The topological polar surface area (TPSA) is 106 Å². The van der Waals surface area contributed by atoms with Crippen molar-refractivity contribution < 1.29 is 23.9 Å².